The molecule has 1 N–H and O–H groups in total. The van der Waals surface area contributed by atoms with Crippen molar-refractivity contribution in [2.24, 2.45) is 0 Å². The average molecular weight is 282 g/mol. The van der Waals surface area contributed by atoms with Gasteiger partial charge in [-0.2, -0.15) is 4.98 Å². The lowest BCUT2D eigenvalue weighted by Gasteiger charge is -2.10. The van der Waals surface area contributed by atoms with Gasteiger partial charge in [0.05, 0.1) is 5.69 Å². The molecule has 2 aromatic heterocycles. The number of nitrogens with one attached hydrogen (secondary N) is 1. The van der Waals surface area contributed by atoms with E-state index in [4.69, 9.17) is 0 Å². The molecule has 0 saturated heterocycles. The van der Waals surface area contributed by atoms with E-state index < -0.39 is 0 Å². The van der Waals surface area contributed by atoms with E-state index in [1.165, 1.54) is 10.6 Å². The van der Waals surface area contributed by atoms with Crippen LogP contribution in [0, 0.1) is 0 Å². The van der Waals surface area contributed by atoms with Gasteiger partial charge >= 0.3 is 0 Å². The third-order valence-corrected chi connectivity index (χ3v) is 4.51. The Labute approximate surface area is 120 Å². The standard InChI is InChI=1S/C15H14N4S/c1-2-4-11(5-3-1)6-7-14-17-15-19(18-14)12-8-9-16-10-13(12)20-15/h1-7,16H,8-10H2/b7-6+. The highest BCUT2D eigenvalue weighted by molar-refractivity contribution is 7.17. The third kappa shape index (κ3) is 2.05. The number of fused-ring (bicyclic) bond motifs is 3. The molecule has 1 aliphatic rings. The third-order valence-electron chi connectivity index (χ3n) is 3.43. The lowest BCUT2D eigenvalue weighted by atomic mass is 10.2. The molecule has 0 atom stereocenters. The Morgan fingerprint density at radius 3 is 3.00 bits per heavy atom. The maximum Gasteiger partial charge on any atom is 0.213 e. The van der Waals surface area contributed by atoms with Gasteiger partial charge in [-0.25, -0.2) is 4.52 Å². The normalized spacial score (nSPS) is 15.0. The average Bonchev–Trinajstić information content (AvgIpc) is 3.03. The quantitative estimate of drug-likeness (QED) is 0.785. The van der Waals surface area contributed by atoms with Crippen LogP contribution in [0.5, 0.6) is 0 Å². The summed E-state index contributed by atoms with van der Waals surface area (Å²) >= 11 is 1.74. The van der Waals surface area contributed by atoms with Gasteiger partial charge in [0.25, 0.3) is 0 Å². The zero-order valence-corrected chi connectivity index (χ0v) is 11.7. The highest BCUT2D eigenvalue weighted by atomic mass is 32.1. The lowest BCUT2D eigenvalue weighted by molar-refractivity contribution is 0.628. The predicted molar refractivity (Wildman–Crippen MR) is 81.6 cm³/mol. The van der Waals surface area contributed by atoms with E-state index in [9.17, 15) is 0 Å². The van der Waals surface area contributed by atoms with Crippen LogP contribution >= 0.6 is 11.3 Å². The minimum Gasteiger partial charge on any atom is -0.311 e. The minimum atomic E-state index is 0.779. The van der Waals surface area contributed by atoms with Crippen molar-refractivity contribution < 1.29 is 0 Å². The van der Waals surface area contributed by atoms with Gasteiger partial charge in [-0.1, -0.05) is 47.7 Å². The van der Waals surface area contributed by atoms with E-state index in [0.29, 0.717) is 0 Å². The van der Waals surface area contributed by atoms with Crippen LogP contribution in [0.3, 0.4) is 0 Å². The molecular weight excluding hydrogens is 268 g/mol. The van der Waals surface area contributed by atoms with Gasteiger partial charge in [0.1, 0.15) is 0 Å². The van der Waals surface area contributed by atoms with Crippen LogP contribution in [0.15, 0.2) is 30.3 Å². The van der Waals surface area contributed by atoms with Crippen LogP contribution in [0.2, 0.25) is 0 Å². The second kappa shape index (κ2) is 4.85. The fraction of sp³-hybridized carbons (Fsp3) is 0.200. The number of rotatable bonds is 2. The molecule has 3 aromatic rings. The number of nitrogens with zero attached hydrogens (tertiary/aromatic N) is 3. The molecule has 100 valence electrons. The van der Waals surface area contributed by atoms with E-state index in [-0.39, 0.29) is 0 Å². The molecule has 0 aliphatic carbocycles. The van der Waals surface area contributed by atoms with Crippen LogP contribution < -0.4 is 5.32 Å². The Morgan fingerprint density at radius 2 is 2.10 bits per heavy atom. The lowest BCUT2D eigenvalue weighted by Crippen LogP contribution is -2.23. The molecule has 0 amide bonds. The fourth-order valence-corrected chi connectivity index (χ4v) is 3.52. The van der Waals surface area contributed by atoms with Gasteiger partial charge < -0.3 is 5.32 Å². The molecule has 0 radical (unpaired) electrons. The smallest absolute Gasteiger partial charge is 0.213 e. The minimum absolute atomic E-state index is 0.779. The van der Waals surface area contributed by atoms with Crippen LogP contribution in [-0.4, -0.2) is 21.1 Å². The van der Waals surface area contributed by atoms with Crippen LogP contribution in [0.25, 0.3) is 17.1 Å². The summed E-state index contributed by atoms with van der Waals surface area (Å²) in [5.74, 6) is 0.779. The maximum atomic E-state index is 4.60. The molecule has 4 nitrogen and oxygen atoms in total. The van der Waals surface area contributed by atoms with Crippen molar-refractivity contribution in [1.82, 2.24) is 19.9 Å². The largest absolute Gasteiger partial charge is 0.311 e. The van der Waals surface area contributed by atoms with Gasteiger partial charge in [-0.05, 0) is 11.6 Å². The van der Waals surface area contributed by atoms with E-state index in [1.807, 2.05) is 34.9 Å². The first-order valence-electron chi connectivity index (χ1n) is 6.71. The van der Waals surface area contributed by atoms with Gasteiger partial charge in [0.15, 0.2) is 5.82 Å². The second-order valence-corrected chi connectivity index (χ2v) is 5.87. The van der Waals surface area contributed by atoms with Crippen molar-refractivity contribution in [3.05, 3.63) is 52.3 Å². The summed E-state index contributed by atoms with van der Waals surface area (Å²) in [6.45, 7) is 1.97. The first kappa shape index (κ1) is 11.8. The Balaban J connectivity index is 1.68. The predicted octanol–water partition coefficient (Wildman–Crippen LogP) is 2.61. The molecule has 0 fully saturated rings. The summed E-state index contributed by atoms with van der Waals surface area (Å²) in [7, 11) is 0. The van der Waals surface area contributed by atoms with E-state index in [2.05, 4.69) is 27.5 Å². The molecule has 1 aromatic carbocycles. The molecular formula is C15H14N4S. The van der Waals surface area contributed by atoms with Crippen molar-refractivity contribution in [1.29, 1.82) is 0 Å². The first-order chi connectivity index (χ1) is 9.90. The van der Waals surface area contributed by atoms with E-state index in [0.717, 1.165) is 35.9 Å². The van der Waals surface area contributed by atoms with Crippen molar-refractivity contribution >= 4 is 28.4 Å². The van der Waals surface area contributed by atoms with E-state index >= 15 is 0 Å². The molecule has 5 heteroatoms. The molecule has 0 saturated carbocycles. The van der Waals surface area contributed by atoms with Crippen LogP contribution in [-0.2, 0) is 13.0 Å². The monoisotopic (exact) mass is 282 g/mol. The zero-order chi connectivity index (χ0) is 13.4. The van der Waals surface area contributed by atoms with Crippen molar-refractivity contribution in [3.8, 4) is 0 Å². The molecule has 20 heavy (non-hydrogen) atoms. The molecule has 0 spiro atoms. The molecule has 4 rings (SSSR count). The zero-order valence-electron chi connectivity index (χ0n) is 10.9. The van der Waals surface area contributed by atoms with Crippen molar-refractivity contribution in [2.75, 3.05) is 6.54 Å². The fourth-order valence-electron chi connectivity index (χ4n) is 2.44. The van der Waals surface area contributed by atoms with Crippen molar-refractivity contribution in [2.45, 2.75) is 13.0 Å². The second-order valence-electron chi connectivity index (χ2n) is 4.81. The summed E-state index contributed by atoms with van der Waals surface area (Å²) in [6, 6.07) is 10.2. The summed E-state index contributed by atoms with van der Waals surface area (Å²) in [5.41, 5.74) is 2.48. The number of aromatic nitrogens is 3. The van der Waals surface area contributed by atoms with Gasteiger partial charge in [-0.3, -0.25) is 0 Å². The van der Waals surface area contributed by atoms with Gasteiger partial charge in [-0.15, -0.1) is 5.10 Å². The maximum absolute atomic E-state index is 4.60. The number of hydrogen-bond acceptors (Lipinski definition) is 4. The van der Waals surface area contributed by atoms with Crippen molar-refractivity contribution in [3.63, 3.8) is 0 Å². The SMILES string of the molecule is C(=C\c1nc2sc3c(n2n1)CCNC3)/c1ccccc1. The van der Waals surface area contributed by atoms with Gasteiger partial charge in [0.2, 0.25) is 4.96 Å². The topological polar surface area (TPSA) is 42.2 Å². The summed E-state index contributed by atoms with van der Waals surface area (Å²) in [5, 5.41) is 7.98. The molecule has 3 heterocycles. The van der Waals surface area contributed by atoms with Crippen LogP contribution in [0.1, 0.15) is 22.0 Å². The number of hydrogen-bond donors (Lipinski definition) is 1. The van der Waals surface area contributed by atoms with Gasteiger partial charge in [0, 0.05) is 24.4 Å². The van der Waals surface area contributed by atoms with Crippen LogP contribution in [0.4, 0.5) is 0 Å². The highest BCUT2D eigenvalue weighted by Crippen LogP contribution is 2.24. The Kier molecular flexibility index (Phi) is 2.86. The first-order valence-corrected chi connectivity index (χ1v) is 7.53. The highest BCUT2D eigenvalue weighted by Gasteiger charge is 2.17. The number of benzene rings is 1. The summed E-state index contributed by atoms with van der Waals surface area (Å²) in [4.78, 5) is 6.95. The van der Waals surface area contributed by atoms with E-state index in [1.54, 1.807) is 11.3 Å². The summed E-state index contributed by atoms with van der Waals surface area (Å²) in [6.07, 6.45) is 5.05. The molecule has 0 unspecified atom stereocenters. The Bertz CT molecular complexity index is 770. The number of thiazole rings is 1. The molecule has 1 aliphatic heterocycles. The summed E-state index contributed by atoms with van der Waals surface area (Å²) < 4.78 is 2.01. The Hall–Kier alpha value is -1.98. The Morgan fingerprint density at radius 1 is 1.20 bits per heavy atom. The molecule has 0 bridgehead atoms.